The van der Waals surface area contributed by atoms with Gasteiger partial charge in [0.2, 0.25) is 5.89 Å². The van der Waals surface area contributed by atoms with Crippen molar-refractivity contribution >= 4 is 17.5 Å². The van der Waals surface area contributed by atoms with Gasteiger partial charge in [-0.2, -0.15) is 10.1 Å². The van der Waals surface area contributed by atoms with Gasteiger partial charge in [0, 0.05) is 37.2 Å². The summed E-state index contributed by atoms with van der Waals surface area (Å²) in [5.41, 5.74) is 0.832. The highest BCUT2D eigenvalue weighted by atomic mass is 35.5. The summed E-state index contributed by atoms with van der Waals surface area (Å²) in [6.45, 7) is 7.21. The molecule has 0 aliphatic carbocycles. The molecule has 1 amide bonds. The number of amides is 1. The number of halogens is 1. The second kappa shape index (κ2) is 7.05. The Hall–Kier alpha value is -2.68. The Bertz CT molecular complexity index is 999. The highest BCUT2D eigenvalue weighted by molar-refractivity contribution is 6.30. The molecule has 0 radical (unpaired) electrons. The molecule has 0 unspecified atom stereocenters. The molecule has 10 heteroatoms. The number of aryl methyl sites for hydroxylation is 2. The van der Waals surface area contributed by atoms with Crippen molar-refractivity contribution in [2.45, 2.75) is 45.6 Å². The van der Waals surface area contributed by atoms with Gasteiger partial charge in [0.15, 0.2) is 11.5 Å². The lowest BCUT2D eigenvalue weighted by Crippen LogP contribution is -2.44. The normalized spacial score (nSPS) is 16.5. The number of hydrogen-bond donors (Lipinski definition) is 0. The Morgan fingerprint density at radius 1 is 1.25 bits per heavy atom. The maximum atomic E-state index is 13.1. The van der Waals surface area contributed by atoms with E-state index >= 15 is 0 Å². The number of carbonyl (C=O) groups excluding carboxylic acids is 1. The van der Waals surface area contributed by atoms with Crippen LogP contribution in [-0.2, 0) is 12.0 Å². The molecule has 0 saturated carbocycles. The van der Waals surface area contributed by atoms with Crippen LogP contribution in [0, 0.1) is 13.8 Å². The molecular weight excluding hydrogens is 384 g/mol. The van der Waals surface area contributed by atoms with E-state index in [-0.39, 0.29) is 11.3 Å². The van der Waals surface area contributed by atoms with Gasteiger partial charge in [0.25, 0.3) is 5.91 Å². The molecule has 0 spiro atoms. The Morgan fingerprint density at radius 2 is 2.00 bits per heavy atom. The van der Waals surface area contributed by atoms with Gasteiger partial charge < -0.3 is 13.9 Å². The third kappa shape index (κ3) is 3.42. The summed E-state index contributed by atoms with van der Waals surface area (Å²) in [4.78, 5) is 19.2. The van der Waals surface area contributed by atoms with Crippen molar-refractivity contribution in [3.63, 3.8) is 0 Å². The standard InChI is InChI=1S/C18H21ClN6O3/c1-11-14(10-25-9-13(19)8-20-25)15(22-27-11)16(26)24-6-4-18(3,5-7-24)17-21-12(2)28-23-17/h8-9H,4-7,10H2,1-3H3. The van der Waals surface area contributed by atoms with Crippen molar-refractivity contribution in [3.05, 3.63) is 46.1 Å². The first-order valence-electron chi connectivity index (χ1n) is 9.09. The maximum absolute atomic E-state index is 13.1. The number of hydrogen-bond acceptors (Lipinski definition) is 7. The van der Waals surface area contributed by atoms with Gasteiger partial charge in [-0.25, -0.2) is 0 Å². The SMILES string of the molecule is Cc1nc(C2(C)CCN(C(=O)c3noc(C)c3Cn3cc(Cl)cn3)CC2)no1. The molecule has 3 aromatic rings. The minimum Gasteiger partial charge on any atom is -0.361 e. The van der Waals surface area contributed by atoms with Crippen LogP contribution in [0.25, 0.3) is 0 Å². The first-order chi connectivity index (χ1) is 13.4. The largest absolute Gasteiger partial charge is 0.361 e. The van der Waals surface area contributed by atoms with Crippen LogP contribution in [0.3, 0.4) is 0 Å². The predicted octanol–water partition coefficient (Wildman–Crippen LogP) is 2.77. The minimum absolute atomic E-state index is 0.142. The molecule has 4 heterocycles. The number of nitrogens with zero attached hydrogens (tertiary/aromatic N) is 6. The zero-order valence-electron chi connectivity index (χ0n) is 16.0. The van der Waals surface area contributed by atoms with Crippen LogP contribution in [0.15, 0.2) is 21.4 Å². The second-order valence-corrected chi connectivity index (χ2v) is 7.85. The van der Waals surface area contributed by atoms with E-state index in [1.165, 1.54) is 0 Å². The molecule has 1 saturated heterocycles. The Labute approximate surface area is 166 Å². The van der Waals surface area contributed by atoms with Crippen LogP contribution >= 0.6 is 11.6 Å². The lowest BCUT2D eigenvalue weighted by molar-refractivity contribution is 0.0658. The van der Waals surface area contributed by atoms with Gasteiger partial charge in [0.1, 0.15) is 5.76 Å². The van der Waals surface area contributed by atoms with Crippen LogP contribution in [0.1, 0.15) is 53.3 Å². The van der Waals surface area contributed by atoms with Crippen molar-refractivity contribution in [3.8, 4) is 0 Å². The predicted molar refractivity (Wildman–Crippen MR) is 99.1 cm³/mol. The molecule has 9 nitrogen and oxygen atoms in total. The third-order valence-corrected chi connectivity index (χ3v) is 5.53. The summed E-state index contributed by atoms with van der Waals surface area (Å²) in [6.07, 6.45) is 4.75. The van der Waals surface area contributed by atoms with E-state index < -0.39 is 0 Å². The van der Waals surface area contributed by atoms with Gasteiger partial charge in [-0.05, 0) is 19.8 Å². The molecule has 0 atom stereocenters. The van der Waals surface area contributed by atoms with E-state index in [0.717, 1.165) is 12.8 Å². The number of piperidine rings is 1. The lowest BCUT2D eigenvalue weighted by atomic mass is 9.79. The van der Waals surface area contributed by atoms with Crippen LogP contribution in [0.2, 0.25) is 5.02 Å². The fraction of sp³-hybridized carbons (Fsp3) is 0.500. The van der Waals surface area contributed by atoms with Crippen molar-refractivity contribution in [2.24, 2.45) is 0 Å². The van der Waals surface area contributed by atoms with Crippen LogP contribution < -0.4 is 0 Å². The van der Waals surface area contributed by atoms with Gasteiger partial charge >= 0.3 is 0 Å². The Morgan fingerprint density at radius 3 is 2.61 bits per heavy atom. The van der Waals surface area contributed by atoms with Gasteiger partial charge in [-0.15, -0.1) is 0 Å². The quantitative estimate of drug-likeness (QED) is 0.658. The van der Waals surface area contributed by atoms with Crippen molar-refractivity contribution in [2.75, 3.05) is 13.1 Å². The van der Waals surface area contributed by atoms with E-state index in [1.807, 2.05) is 0 Å². The number of rotatable bonds is 4. The number of aromatic nitrogens is 5. The molecule has 3 aromatic heterocycles. The second-order valence-electron chi connectivity index (χ2n) is 7.41. The van der Waals surface area contributed by atoms with Crippen LogP contribution in [0.5, 0.6) is 0 Å². The number of carbonyl (C=O) groups is 1. The number of likely N-dealkylation sites (tertiary alicyclic amines) is 1. The molecule has 1 fully saturated rings. The fourth-order valence-corrected chi connectivity index (χ4v) is 3.61. The molecule has 0 N–H and O–H groups in total. The summed E-state index contributed by atoms with van der Waals surface area (Å²) in [5.74, 6) is 1.71. The van der Waals surface area contributed by atoms with Crippen molar-refractivity contribution < 1.29 is 13.8 Å². The first-order valence-corrected chi connectivity index (χ1v) is 9.47. The smallest absolute Gasteiger partial charge is 0.276 e. The van der Waals surface area contributed by atoms with Crippen molar-refractivity contribution in [1.82, 2.24) is 30.0 Å². The van der Waals surface area contributed by atoms with E-state index in [4.69, 9.17) is 20.6 Å². The average Bonchev–Trinajstić information content (AvgIpc) is 3.38. The molecule has 1 aliphatic heterocycles. The van der Waals surface area contributed by atoms with Gasteiger partial charge in [-0.3, -0.25) is 9.48 Å². The summed E-state index contributed by atoms with van der Waals surface area (Å²) in [7, 11) is 0. The fourth-order valence-electron chi connectivity index (χ4n) is 3.45. The summed E-state index contributed by atoms with van der Waals surface area (Å²) in [5, 5.41) is 12.8. The summed E-state index contributed by atoms with van der Waals surface area (Å²) in [6, 6.07) is 0. The van der Waals surface area contributed by atoms with E-state index in [1.54, 1.807) is 35.8 Å². The Balaban J connectivity index is 1.49. The summed E-state index contributed by atoms with van der Waals surface area (Å²) < 4.78 is 12.1. The molecule has 1 aliphatic rings. The third-order valence-electron chi connectivity index (χ3n) is 5.33. The van der Waals surface area contributed by atoms with Gasteiger partial charge in [-0.1, -0.05) is 28.8 Å². The molecule has 0 bridgehead atoms. The molecule has 0 aromatic carbocycles. The first kappa shape index (κ1) is 18.7. The molecule has 28 heavy (non-hydrogen) atoms. The maximum Gasteiger partial charge on any atom is 0.276 e. The zero-order chi connectivity index (χ0) is 19.9. The van der Waals surface area contributed by atoms with Crippen LogP contribution in [0.4, 0.5) is 0 Å². The van der Waals surface area contributed by atoms with Crippen molar-refractivity contribution in [1.29, 1.82) is 0 Å². The molecule has 4 rings (SSSR count). The molecule has 148 valence electrons. The summed E-state index contributed by atoms with van der Waals surface area (Å²) >= 11 is 5.93. The van der Waals surface area contributed by atoms with E-state index in [9.17, 15) is 4.79 Å². The highest BCUT2D eigenvalue weighted by Crippen LogP contribution is 2.34. The average molecular weight is 405 g/mol. The minimum atomic E-state index is -0.205. The van der Waals surface area contributed by atoms with E-state index in [2.05, 4.69) is 27.3 Å². The van der Waals surface area contributed by atoms with Gasteiger partial charge in [0.05, 0.1) is 17.8 Å². The zero-order valence-corrected chi connectivity index (χ0v) is 16.7. The highest BCUT2D eigenvalue weighted by Gasteiger charge is 2.38. The van der Waals surface area contributed by atoms with Crippen LogP contribution in [-0.4, -0.2) is 49.0 Å². The molecular formula is C18H21ClN6O3. The topological polar surface area (TPSA) is 103 Å². The lowest BCUT2D eigenvalue weighted by Gasteiger charge is -2.37. The van der Waals surface area contributed by atoms with E-state index in [0.29, 0.717) is 53.4 Å². The monoisotopic (exact) mass is 404 g/mol. The Kier molecular flexibility index (Phi) is 4.70.